The summed E-state index contributed by atoms with van der Waals surface area (Å²) in [5, 5.41) is 4.91. The first-order chi connectivity index (χ1) is 11.7. The molecule has 1 aliphatic heterocycles. The molecule has 0 atom stereocenters. The van der Waals surface area contributed by atoms with E-state index in [1.807, 2.05) is 0 Å². The second kappa shape index (κ2) is 6.81. The molecule has 0 unspecified atom stereocenters. The number of hydrogen-bond donors (Lipinski definition) is 0. The van der Waals surface area contributed by atoms with Crippen LogP contribution in [-0.4, -0.2) is 32.3 Å². The van der Waals surface area contributed by atoms with E-state index in [9.17, 15) is 0 Å². The van der Waals surface area contributed by atoms with Crippen molar-refractivity contribution in [3.8, 4) is 0 Å². The molecule has 1 aromatic carbocycles. The fourth-order valence-corrected chi connectivity index (χ4v) is 3.76. The first kappa shape index (κ1) is 16.0. The highest BCUT2D eigenvalue weighted by Crippen LogP contribution is 2.39. The average molecular weight is 343 g/mol. The Morgan fingerprint density at radius 2 is 1.79 bits per heavy atom. The predicted octanol–water partition coefficient (Wildman–Crippen LogP) is 4.03. The lowest BCUT2D eigenvalue weighted by Gasteiger charge is -2.29. The van der Waals surface area contributed by atoms with E-state index in [2.05, 4.69) is 51.4 Å². The minimum absolute atomic E-state index is 0.609. The molecule has 0 spiro atoms. The van der Waals surface area contributed by atoms with E-state index in [0.717, 1.165) is 37.0 Å². The Bertz CT molecular complexity index is 736. The zero-order valence-electron chi connectivity index (χ0n) is 14.4. The van der Waals surface area contributed by atoms with Crippen LogP contribution in [0.15, 0.2) is 30.3 Å². The normalized spacial score (nSPS) is 19.7. The molecular formula is C19H26N4S. The van der Waals surface area contributed by atoms with Gasteiger partial charge in [0.1, 0.15) is 5.82 Å². The quantitative estimate of drug-likeness (QED) is 0.767. The average Bonchev–Trinajstić information content (AvgIpc) is 3.40. The largest absolute Gasteiger partial charge is 0.299 e. The van der Waals surface area contributed by atoms with Crippen LogP contribution in [0.25, 0.3) is 0 Å². The number of hydrogen-bond acceptors (Lipinski definition) is 3. The molecule has 128 valence electrons. The van der Waals surface area contributed by atoms with Crippen LogP contribution in [0.2, 0.25) is 0 Å². The summed E-state index contributed by atoms with van der Waals surface area (Å²) in [6.07, 6.45) is 5.07. The third-order valence-electron chi connectivity index (χ3n) is 5.29. The van der Waals surface area contributed by atoms with E-state index in [0.29, 0.717) is 5.92 Å². The third kappa shape index (κ3) is 3.47. The molecule has 0 radical (unpaired) electrons. The summed E-state index contributed by atoms with van der Waals surface area (Å²) in [5.74, 6) is 2.65. The summed E-state index contributed by atoms with van der Waals surface area (Å²) in [4.78, 5) is 2.49. The van der Waals surface area contributed by atoms with Crippen LogP contribution < -0.4 is 0 Å². The molecule has 1 aliphatic carbocycles. The first-order valence-electron chi connectivity index (χ1n) is 9.14. The lowest BCUT2D eigenvalue weighted by molar-refractivity contribution is 0.145. The molecule has 1 aromatic heterocycles. The summed E-state index contributed by atoms with van der Waals surface area (Å²) >= 11 is 5.79. The van der Waals surface area contributed by atoms with E-state index in [-0.39, 0.29) is 0 Å². The molecule has 2 aromatic rings. The summed E-state index contributed by atoms with van der Waals surface area (Å²) in [7, 11) is 0. The number of likely N-dealkylation sites (tertiary alicyclic amines) is 1. The second-order valence-corrected chi connectivity index (χ2v) is 7.79. The molecule has 5 heteroatoms. The van der Waals surface area contributed by atoms with Gasteiger partial charge in [0.15, 0.2) is 4.77 Å². The number of piperidine rings is 1. The van der Waals surface area contributed by atoms with Gasteiger partial charge in [-0.1, -0.05) is 37.3 Å². The molecule has 4 rings (SSSR count). The molecular weight excluding hydrogens is 316 g/mol. The van der Waals surface area contributed by atoms with Crippen molar-refractivity contribution in [1.29, 1.82) is 0 Å². The Labute approximate surface area is 149 Å². The van der Waals surface area contributed by atoms with Gasteiger partial charge in [0.2, 0.25) is 0 Å². The molecule has 1 saturated carbocycles. The standard InChI is InChI=1S/C19H26N4S/c1-15-9-11-21(12-10-15)14-23-19(24)22(18(20-23)17-7-8-17)13-16-5-3-2-4-6-16/h2-6,15,17H,7-14H2,1H3. The molecule has 2 heterocycles. The van der Waals surface area contributed by atoms with Crippen LogP contribution in [-0.2, 0) is 13.2 Å². The highest BCUT2D eigenvalue weighted by atomic mass is 32.1. The molecule has 24 heavy (non-hydrogen) atoms. The van der Waals surface area contributed by atoms with Gasteiger partial charge < -0.3 is 0 Å². The maximum Gasteiger partial charge on any atom is 0.199 e. The minimum Gasteiger partial charge on any atom is -0.299 e. The smallest absolute Gasteiger partial charge is 0.199 e. The molecule has 0 bridgehead atoms. The Morgan fingerprint density at radius 1 is 1.08 bits per heavy atom. The lowest BCUT2D eigenvalue weighted by Crippen LogP contribution is -2.34. The van der Waals surface area contributed by atoms with Gasteiger partial charge in [0.25, 0.3) is 0 Å². The van der Waals surface area contributed by atoms with Gasteiger partial charge >= 0.3 is 0 Å². The first-order valence-corrected chi connectivity index (χ1v) is 9.55. The minimum atomic E-state index is 0.609. The van der Waals surface area contributed by atoms with Crippen LogP contribution in [0.5, 0.6) is 0 Å². The fraction of sp³-hybridized carbons (Fsp3) is 0.579. The topological polar surface area (TPSA) is 26.0 Å². The Morgan fingerprint density at radius 3 is 2.46 bits per heavy atom. The molecule has 2 aliphatic rings. The van der Waals surface area contributed by atoms with Gasteiger partial charge in [-0.15, -0.1) is 0 Å². The number of rotatable bonds is 5. The van der Waals surface area contributed by atoms with E-state index >= 15 is 0 Å². The summed E-state index contributed by atoms with van der Waals surface area (Å²) in [6, 6.07) is 10.6. The van der Waals surface area contributed by atoms with Crippen molar-refractivity contribution in [2.24, 2.45) is 5.92 Å². The van der Waals surface area contributed by atoms with E-state index in [1.54, 1.807) is 0 Å². The van der Waals surface area contributed by atoms with Crippen LogP contribution in [0.4, 0.5) is 0 Å². The zero-order valence-corrected chi connectivity index (χ0v) is 15.2. The van der Waals surface area contributed by atoms with Crippen molar-refractivity contribution in [3.05, 3.63) is 46.5 Å². The molecule has 2 fully saturated rings. The van der Waals surface area contributed by atoms with E-state index in [1.165, 1.54) is 37.1 Å². The second-order valence-electron chi connectivity index (χ2n) is 7.43. The van der Waals surface area contributed by atoms with Gasteiger partial charge in [-0.2, -0.15) is 5.10 Å². The van der Waals surface area contributed by atoms with Crippen molar-refractivity contribution in [1.82, 2.24) is 19.2 Å². The fourth-order valence-electron chi connectivity index (χ4n) is 3.50. The van der Waals surface area contributed by atoms with Crippen molar-refractivity contribution in [2.75, 3.05) is 13.1 Å². The van der Waals surface area contributed by atoms with Crippen LogP contribution in [0.3, 0.4) is 0 Å². The van der Waals surface area contributed by atoms with Gasteiger partial charge in [0.05, 0.1) is 13.2 Å². The van der Waals surface area contributed by atoms with Gasteiger partial charge in [-0.05, 0) is 49.4 Å². The van der Waals surface area contributed by atoms with Gasteiger partial charge in [-0.3, -0.25) is 9.47 Å². The monoisotopic (exact) mass is 342 g/mol. The highest BCUT2D eigenvalue weighted by molar-refractivity contribution is 7.71. The van der Waals surface area contributed by atoms with Crippen LogP contribution >= 0.6 is 12.2 Å². The SMILES string of the molecule is CC1CCN(Cn2nc(C3CC3)n(Cc3ccccc3)c2=S)CC1. The number of benzene rings is 1. The predicted molar refractivity (Wildman–Crippen MR) is 98.5 cm³/mol. The van der Waals surface area contributed by atoms with Crippen molar-refractivity contribution < 1.29 is 0 Å². The number of nitrogens with zero attached hydrogens (tertiary/aromatic N) is 4. The van der Waals surface area contributed by atoms with Crippen LogP contribution in [0, 0.1) is 10.7 Å². The van der Waals surface area contributed by atoms with Crippen LogP contribution in [0.1, 0.15) is 49.9 Å². The van der Waals surface area contributed by atoms with Gasteiger partial charge in [-0.25, -0.2) is 4.68 Å². The van der Waals surface area contributed by atoms with E-state index < -0.39 is 0 Å². The summed E-state index contributed by atoms with van der Waals surface area (Å²) in [5.41, 5.74) is 1.29. The Balaban J connectivity index is 1.57. The zero-order chi connectivity index (χ0) is 16.5. The summed E-state index contributed by atoms with van der Waals surface area (Å²) in [6.45, 7) is 6.35. The Hall–Kier alpha value is -1.46. The van der Waals surface area contributed by atoms with E-state index in [4.69, 9.17) is 17.3 Å². The van der Waals surface area contributed by atoms with Gasteiger partial charge in [0, 0.05) is 19.0 Å². The number of aromatic nitrogens is 3. The van der Waals surface area contributed by atoms with Crippen molar-refractivity contribution in [2.45, 2.75) is 51.7 Å². The lowest BCUT2D eigenvalue weighted by atomic mass is 10.00. The summed E-state index contributed by atoms with van der Waals surface area (Å²) < 4.78 is 5.19. The van der Waals surface area contributed by atoms with Crippen molar-refractivity contribution in [3.63, 3.8) is 0 Å². The maximum absolute atomic E-state index is 5.79. The maximum atomic E-state index is 5.79. The highest BCUT2D eigenvalue weighted by Gasteiger charge is 2.30. The Kier molecular flexibility index (Phi) is 4.55. The molecule has 0 amide bonds. The molecule has 0 N–H and O–H groups in total. The third-order valence-corrected chi connectivity index (χ3v) is 5.72. The molecule has 4 nitrogen and oxygen atoms in total. The molecule has 1 saturated heterocycles. The van der Waals surface area contributed by atoms with Crippen molar-refractivity contribution >= 4 is 12.2 Å².